The highest BCUT2D eigenvalue weighted by Crippen LogP contribution is 2.39. The molecule has 0 aromatic heterocycles. The number of ether oxygens (including phenoxy) is 2. The number of carbonyl (C=O) groups is 1. The van der Waals surface area contributed by atoms with Gasteiger partial charge in [0.2, 0.25) is 0 Å². The zero-order valence-corrected chi connectivity index (χ0v) is 27.0. The van der Waals surface area contributed by atoms with E-state index >= 15 is 0 Å². The first-order chi connectivity index (χ1) is 22.6. The van der Waals surface area contributed by atoms with Crippen molar-refractivity contribution in [3.8, 4) is 0 Å². The molecular weight excluding hydrogens is 570 g/mol. The molecule has 5 aliphatic rings. The molecule has 0 unspecified atom stereocenters. The van der Waals surface area contributed by atoms with Crippen LogP contribution in [0.2, 0.25) is 0 Å². The fraction of sp³-hybridized carbons (Fsp3) is 0.375. The van der Waals surface area contributed by atoms with Crippen molar-refractivity contribution in [3.05, 3.63) is 129 Å². The Morgan fingerprint density at radius 1 is 0.543 bits per heavy atom. The van der Waals surface area contributed by atoms with Gasteiger partial charge in [-0.3, -0.25) is 9.69 Å². The highest BCUT2D eigenvalue weighted by atomic mass is 16.5. The molecular formula is C40H45N3O3. The van der Waals surface area contributed by atoms with Gasteiger partial charge in [-0.05, 0) is 90.5 Å². The van der Waals surface area contributed by atoms with Crippen molar-refractivity contribution >= 4 is 17.9 Å². The van der Waals surface area contributed by atoms with E-state index in [4.69, 9.17) is 9.47 Å². The number of likely N-dealkylation sites (N-methyl/N-ethyl adjacent to an activating group) is 1. The summed E-state index contributed by atoms with van der Waals surface area (Å²) in [5.74, 6) is 0.196. The van der Waals surface area contributed by atoms with Crippen LogP contribution < -0.4 is 0 Å². The zero-order chi connectivity index (χ0) is 31.3. The van der Waals surface area contributed by atoms with E-state index in [1.807, 2.05) is 0 Å². The van der Waals surface area contributed by atoms with E-state index in [9.17, 15) is 4.79 Å². The number of nitrogens with zero attached hydrogens (tertiary/aromatic N) is 3. The van der Waals surface area contributed by atoms with E-state index in [2.05, 4.69) is 107 Å². The Labute approximate surface area is 273 Å². The van der Waals surface area contributed by atoms with Crippen molar-refractivity contribution in [2.75, 3.05) is 72.7 Å². The second kappa shape index (κ2) is 14.2. The first-order valence-corrected chi connectivity index (χ1v) is 16.9. The van der Waals surface area contributed by atoms with Gasteiger partial charge in [-0.25, -0.2) is 0 Å². The van der Waals surface area contributed by atoms with Crippen molar-refractivity contribution in [1.82, 2.24) is 14.7 Å². The largest absolute Gasteiger partial charge is 0.378 e. The van der Waals surface area contributed by atoms with Crippen LogP contribution in [0.1, 0.15) is 36.8 Å². The van der Waals surface area contributed by atoms with Crippen LogP contribution in [0.15, 0.2) is 118 Å². The molecule has 0 saturated carbocycles. The van der Waals surface area contributed by atoms with Crippen LogP contribution in [0, 0.1) is 0 Å². The summed E-state index contributed by atoms with van der Waals surface area (Å²) in [4.78, 5) is 21.5. The quantitative estimate of drug-likeness (QED) is 0.357. The molecule has 0 amide bonds. The summed E-state index contributed by atoms with van der Waals surface area (Å²) in [5.41, 5.74) is 12.1. The number of hydrogen-bond donors (Lipinski definition) is 0. The van der Waals surface area contributed by atoms with Gasteiger partial charge in [-0.2, -0.15) is 0 Å². The highest BCUT2D eigenvalue weighted by molar-refractivity contribution is 6.10. The number of hydrogen-bond acceptors (Lipinski definition) is 6. The lowest BCUT2D eigenvalue weighted by atomic mass is 9.93. The van der Waals surface area contributed by atoms with E-state index in [1.165, 1.54) is 44.8 Å². The van der Waals surface area contributed by atoms with Crippen LogP contribution in [0.3, 0.4) is 0 Å². The van der Waals surface area contributed by atoms with E-state index < -0.39 is 0 Å². The van der Waals surface area contributed by atoms with Gasteiger partial charge >= 0.3 is 0 Å². The molecule has 2 aromatic carbocycles. The van der Waals surface area contributed by atoms with Gasteiger partial charge in [0, 0.05) is 61.8 Å². The summed E-state index contributed by atoms with van der Waals surface area (Å²) in [7, 11) is 2.13. The van der Waals surface area contributed by atoms with Crippen LogP contribution in [-0.4, -0.2) is 93.2 Å². The number of Topliss-reactive ketones (excluding diaryl/α,β-unsaturated/α-hetero) is 1. The van der Waals surface area contributed by atoms with Gasteiger partial charge in [-0.1, -0.05) is 60.7 Å². The maximum atomic E-state index is 14.3. The molecule has 7 rings (SSSR count). The summed E-state index contributed by atoms with van der Waals surface area (Å²) in [5, 5.41) is 0. The molecule has 0 N–H and O–H groups in total. The SMILES string of the molecule is CN1C/C(=C/C2=C(N3CCOCC3)C(=C/c3ccccc3)/CC2)C(=O)/C(=C/C2=C(N3CCOCC3)C(=C/c3ccccc3)/CC2)C1. The number of benzene rings is 2. The third kappa shape index (κ3) is 6.90. The van der Waals surface area contributed by atoms with Crippen LogP contribution in [0.5, 0.6) is 0 Å². The van der Waals surface area contributed by atoms with Crippen molar-refractivity contribution in [3.63, 3.8) is 0 Å². The van der Waals surface area contributed by atoms with E-state index in [0.717, 1.165) is 89.4 Å². The number of allylic oxidation sites excluding steroid dienone is 6. The molecule has 6 heteroatoms. The summed E-state index contributed by atoms with van der Waals surface area (Å²) in [6, 6.07) is 21.2. The van der Waals surface area contributed by atoms with Gasteiger partial charge in [0.15, 0.2) is 5.78 Å². The lowest BCUT2D eigenvalue weighted by Gasteiger charge is -2.32. The van der Waals surface area contributed by atoms with Gasteiger partial charge in [0.25, 0.3) is 0 Å². The highest BCUT2D eigenvalue weighted by Gasteiger charge is 2.31. The number of carbonyl (C=O) groups excluding carboxylic acids is 1. The Kier molecular flexibility index (Phi) is 9.47. The summed E-state index contributed by atoms with van der Waals surface area (Å²) in [6.45, 7) is 7.81. The minimum Gasteiger partial charge on any atom is -0.378 e. The molecule has 3 aliphatic heterocycles. The maximum absolute atomic E-state index is 14.3. The Bertz CT molecular complexity index is 1500. The predicted octanol–water partition coefficient (Wildman–Crippen LogP) is 6.28. The van der Waals surface area contributed by atoms with Crippen LogP contribution in [-0.2, 0) is 14.3 Å². The van der Waals surface area contributed by atoms with Gasteiger partial charge in [-0.15, -0.1) is 0 Å². The first-order valence-electron chi connectivity index (χ1n) is 16.9. The van der Waals surface area contributed by atoms with Crippen molar-refractivity contribution in [1.29, 1.82) is 0 Å². The van der Waals surface area contributed by atoms with Crippen molar-refractivity contribution < 1.29 is 14.3 Å². The molecule has 0 radical (unpaired) electrons. The Balaban J connectivity index is 1.24. The summed E-state index contributed by atoms with van der Waals surface area (Å²) < 4.78 is 11.4. The van der Waals surface area contributed by atoms with Gasteiger partial charge in [0.1, 0.15) is 0 Å². The van der Waals surface area contributed by atoms with E-state index in [-0.39, 0.29) is 5.78 Å². The van der Waals surface area contributed by atoms with Crippen LogP contribution in [0.25, 0.3) is 12.2 Å². The summed E-state index contributed by atoms with van der Waals surface area (Å²) in [6.07, 6.45) is 13.0. The first kappa shape index (κ1) is 30.7. The molecule has 6 nitrogen and oxygen atoms in total. The topological polar surface area (TPSA) is 45.2 Å². The average molecular weight is 616 g/mol. The fourth-order valence-electron chi connectivity index (χ4n) is 7.50. The number of rotatable bonds is 6. The number of likely N-dealkylation sites (tertiary alicyclic amines) is 1. The molecule has 2 aromatic rings. The third-order valence-corrected chi connectivity index (χ3v) is 9.64. The lowest BCUT2D eigenvalue weighted by Crippen LogP contribution is -2.37. The number of piperidine rings is 1. The van der Waals surface area contributed by atoms with Gasteiger partial charge < -0.3 is 19.3 Å². The normalized spacial score (nSPS) is 25.3. The molecule has 238 valence electrons. The minimum absolute atomic E-state index is 0.196. The standard InChI is InChI=1S/C40H45N3O3/c1-41-28-36(26-34-14-12-32(24-30-8-4-2-5-9-30)38(34)42-16-20-45-21-17-42)40(44)37(29-41)27-35-15-13-33(25-31-10-6-3-7-11-31)39(35)43-18-22-46-23-19-43/h2-11,24-27H,12-23,28-29H2,1H3/b32-24+,33-25+,36-26-,37-27+. The fourth-order valence-corrected chi connectivity index (χ4v) is 7.50. The lowest BCUT2D eigenvalue weighted by molar-refractivity contribution is -0.113. The Hall–Kier alpha value is -3.97. The Morgan fingerprint density at radius 3 is 1.37 bits per heavy atom. The van der Waals surface area contributed by atoms with Crippen LogP contribution in [0.4, 0.5) is 0 Å². The van der Waals surface area contributed by atoms with Crippen molar-refractivity contribution in [2.45, 2.75) is 25.7 Å². The van der Waals surface area contributed by atoms with E-state index in [1.54, 1.807) is 0 Å². The second-order valence-electron chi connectivity index (χ2n) is 12.9. The van der Waals surface area contributed by atoms with E-state index in [0.29, 0.717) is 13.1 Å². The molecule has 0 bridgehead atoms. The molecule has 3 saturated heterocycles. The molecule has 3 fully saturated rings. The molecule has 3 heterocycles. The maximum Gasteiger partial charge on any atom is 0.187 e. The van der Waals surface area contributed by atoms with Crippen LogP contribution >= 0.6 is 0 Å². The zero-order valence-electron chi connectivity index (χ0n) is 27.0. The summed E-state index contributed by atoms with van der Waals surface area (Å²) >= 11 is 0. The minimum atomic E-state index is 0.196. The third-order valence-electron chi connectivity index (χ3n) is 9.64. The number of morpholine rings is 2. The molecule has 0 atom stereocenters. The molecule has 2 aliphatic carbocycles. The molecule has 0 spiro atoms. The van der Waals surface area contributed by atoms with Crippen molar-refractivity contribution in [2.24, 2.45) is 0 Å². The van der Waals surface area contributed by atoms with Gasteiger partial charge in [0.05, 0.1) is 26.4 Å². The predicted molar refractivity (Wildman–Crippen MR) is 185 cm³/mol. The molecule has 46 heavy (non-hydrogen) atoms. The number of ketones is 1. The Morgan fingerprint density at radius 2 is 0.957 bits per heavy atom. The average Bonchev–Trinajstić information content (AvgIpc) is 3.68. The monoisotopic (exact) mass is 615 g/mol. The smallest absolute Gasteiger partial charge is 0.187 e. The second-order valence-corrected chi connectivity index (χ2v) is 12.9.